The normalized spacial score (nSPS) is 25.6. The average molecular weight is 192 g/mol. The highest BCUT2D eigenvalue weighted by Gasteiger charge is 2.34. The molecule has 1 aliphatic heterocycles. The Morgan fingerprint density at radius 2 is 1.92 bits per heavy atom. The van der Waals surface area contributed by atoms with E-state index in [1.54, 1.807) is 0 Å². The Bertz CT molecular complexity index is 253. The summed E-state index contributed by atoms with van der Waals surface area (Å²) in [6, 6.07) is 0. The van der Waals surface area contributed by atoms with Crippen molar-refractivity contribution in [1.29, 1.82) is 0 Å². The number of hydrogen-bond donors (Lipinski definition) is 1. The summed E-state index contributed by atoms with van der Waals surface area (Å²) in [6.45, 7) is 6.89. The van der Waals surface area contributed by atoms with Crippen LogP contribution in [0.2, 0.25) is 0 Å². The van der Waals surface area contributed by atoms with Crippen molar-refractivity contribution in [2.75, 3.05) is 13.1 Å². The summed E-state index contributed by atoms with van der Waals surface area (Å²) in [4.78, 5) is 0. The maximum absolute atomic E-state index is 11.4. The highest BCUT2D eigenvalue weighted by atomic mass is 32.2. The van der Waals surface area contributed by atoms with Gasteiger partial charge in [-0.05, 0) is 27.2 Å². The lowest BCUT2D eigenvalue weighted by Gasteiger charge is -2.37. The Morgan fingerprint density at radius 3 is 2.25 bits per heavy atom. The molecule has 0 aliphatic carbocycles. The fraction of sp³-hybridized carbons (Fsp3) is 1.00. The van der Waals surface area contributed by atoms with E-state index in [1.165, 1.54) is 4.31 Å². The third-order valence-electron chi connectivity index (χ3n) is 1.86. The Morgan fingerprint density at radius 1 is 1.33 bits per heavy atom. The lowest BCUT2D eigenvalue weighted by atomic mass is 10.1. The van der Waals surface area contributed by atoms with Crippen LogP contribution in [-0.4, -0.2) is 31.4 Å². The fourth-order valence-electron chi connectivity index (χ4n) is 1.32. The third kappa shape index (κ3) is 1.97. The summed E-state index contributed by atoms with van der Waals surface area (Å²) < 4.78 is 26.9. The second kappa shape index (κ2) is 2.97. The minimum atomic E-state index is -3.20. The van der Waals surface area contributed by atoms with Crippen LogP contribution in [0.15, 0.2) is 0 Å². The van der Waals surface area contributed by atoms with Gasteiger partial charge in [-0.15, -0.1) is 0 Å². The number of hydrogen-bond acceptors (Lipinski definition) is 2. The standard InChI is InChI=1S/C7H16N2O2S/c1-7(2,3)9-6-4-5-8-12(9,10)11/h8H,4-6H2,1-3H3. The second-order valence-corrected chi connectivity index (χ2v) is 5.68. The first kappa shape index (κ1) is 9.95. The molecule has 0 atom stereocenters. The van der Waals surface area contributed by atoms with Gasteiger partial charge in [0.05, 0.1) is 0 Å². The maximum Gasteiger partial charge on any atom is 0.279 e. The molecule has 1 heterocycles. The molecular formula is C7H16N2O2S. The lowest BCUT2D eigenvalue weighted by Crippen LogP contribution is -2.54. The largest absolute Gasteiger partial charge is 0.279 e. The average Bonchev–Trinajstić information content (AvgIpc) is 1.83. The number of nitrogens with zero attached hydrogens (tertiary/aromatic N) is 1. The van der Waals surface area contributed by atoms with Gasteiger partial charge in [-0.25, -0.2) is 4.72 Å². The van der Waals surface area contributed by atoms with Crippen LogP contribution in [0.3, 0.4) is 0 Å². The molecule has 1 rings (SSSR count). The zero-order chi connectivity index (χ0) is 9.41. The highest BCUT2D eigenvalue weighted by molar-refractivity contribution is 7.87. The van der Waals surface area contributed by atoms with E-state index in [2.05, 4.69) is 4.72 Å². The predicted molar refractivity (Wildman–Crippen MR) is 48.0 cm³/mol. The van der Waals surface area contributed by atoms with Crippen LogP contribution in [0.25, 0.3) is 0 Å². The summed E-state index contributed by atoms with van der Waals surface area (Å²) >= 11 is 0. The molecule has 0 radical (unpaired) electrons. The first-order chi connectivity index (χ1) is 5.34. The fourth-order valence-corrected chi connectivity index (χ4v) is 2.97. The molecule has 0 spiro atoms. The molecule has 1 fully saturated rings. The molecule has 0 bridgehead atoms. The van der Waals surface area contributed by atoms with Crippen molar-refractivity contribution in [2.45, 2.75) is 32.7 Å². The van der Waals surface area contributed by atoms with E-state index in [4.69, 9.17) is 0 Å². The Kier molecular flexibility index (Phi) is 2.47. The molecule has 0 aromatic rings. The van der Waals surface area contributed by atoms with Crippen molar-refractivity contribution in [3.8, 4) is 0 Å². The van der Waals surface area contributed by atoms with Gasteiger partial charge in [0, 0.05) is 18.6 Å². The molecule has 0 unspecified atom stereocenters. The number of rotatable bonds is 0. The van der Waals surface area contributed by atoms with Crippen molar-refractivity contribution >= 4 is 10.2 Å². The maximum atomic E-state index is 11.4. The van der Waals surface area contributed by atoms with Gasteiger partial charge < -0.3 is 0 Å². The van der Waals surface area contributed by atoms with Crippen molar-refractivity contribution in [3.05, 3.63) is 0 Å². The van der Waals surface area contributed by atoms with E-state index in [-0.39, 0.29) is 5.54 Å². The van der Waals surface area contributed by atoms with Gasteiger partial charge in [0.1, 0.15) is 0 Å². The van der Waals surface area contributed by atoms with Crippen molar-refractivity contribution in [3.63, 3.8) is 0 Å². The van der Waals surface area contributed by atoms with Crippen LogP contribution in [0, 0.1) is 0 Å². The van der Waals surface area contributed by atoms with Crippen LogP contribution in [0.4, 0.5) is 0 Å². The summed E-state index contributed by atoms with van der Waals surface area (Å²) in [5.74, 6) is 0. The van der Waals surface area contributed by atoms with Gasteiger partial charge in [0.25, 0.3) is 10.2 Å². The summed E-state index contributed by atoms with van der Waals surface area (Å²) in [6.07, 6.45) is 0.885. The number of nitrogens with one attached hydrogen (secondary N) is 1. The van der Waals surface area contributed by atoms with Gasteiger partial charge in [0.15, 0.2) is 0 Å². The van der Waals surface area contributed by atoms with Crippen LogP contribution < -0.4 is 4.72 Å². The minimum Gasteiger partial charge on any atom is -0.202 e. The van der Waals surface area contributed by atoms with Crippen LogP contribution in [0.1, 0.15) is 27.2 Å². The third-order valence-corrected chi connectivity index (χ3v) is 3.74. The van der Waals surface area contributed by atoms with Gasteiger partial charge in [0.2, 0.25) is 0 Å². The van der Waals surface area contributed by atoms with Crippen molar-refractivity contribution < 1.29 is 8.42 Å². The van der Waals surface area contributed by atoms with E-state index < -0.39 is 10.2 Å². The van der Waals surface area contributed by atoms with Gasteiger partial charge in [-0.3, -0.25) is 0 Å². The van der Waals surface area contributed by atoms with Gasteiger partial charge in [-0.1, -0.05) is 0 Å². The minimum absolute atomic E-state index is 0.313. The smallest absolute Gasteiger partial charge is 0.202 e. The molecule has 0 aromatic heterocycles. The van der Waals surface area contributed by atoms with Crippen LogP contribution in [-0.2, 0) is 10.2 Å². The van der Waals surface area contributed by atoms with E-state index in [1.807, 2.05) is 20.8 Å². The highest BCUT2D eigenvalue weighted by Crippen LogP contribution is 2.19. The Hall–Kier alpha value is -0.130. The van der Waals surface area contributed by atoms with Crippen molar-refractivity contribution in [1.82, 2.24) is 9.03 Å². The topological polar surface area (TPSA) is 49.4 Å². The lowest BCUT2D eigenvalue weighted by molar-refractivity contribution is 0.233. The van der Waals surface area contributed by atoms with E-state index in [0.29, 0.717) is 13.1 Å². The first-order valence-electron chi connectivity index (χ1n) is 4.11. The summed E-state index contributed by atoms with van der Waals surface area (Å²) in [7, 11) is -3.20. The second-order valence-electron chi connectivity index (χ2n) is 4.00. The molecule has 0 amide bonds. The molecule has 1 saturated heterocycles. The summed E-state index contributed by atoms with van der Waals surface area (Å²) in [5, 5.41) is 0. The van der Waals surface area contributed by atoms with E-state index >= 15 is 0 Å². The van der Waals surface area contributed by atoms with Gasteiger partial charge >= 0.3 is 0 Å². The molecular weight excluding hydrogens is 176 g/mol. The molecule has 1 aliphatic rings. The van der Waals surface area contributed by atoms with Crippen LogP contribution >= 0.6 is 0 Å². The molecule has 72 valence electrons. The Labute approximate surface area is 74.1 Å². The molecule has 0 aromatic carbocycles. The molecule has 0 saturated carbocycles. The van der Waals surface area contributed by atoms with Gasteiger partial charge in [-0.2, -0.15) is 12.7 Å². The Balaban J connectivity index is 2.89. The zero-order valence-electron chi connectivity index (χ0n) is 7.79. The quantitative estimate of drug-likeness (QED) is 0.601. The van der Waals surface area contributed by atoms with Crippen molar-refractivity contribution in [2.24, 2.45) is 0 Å². The summed E-state index contributed by atoms with van der Waals surface area (Å²) in [5.41, 5.74) is -0.313. The first-order valence-corrected chi connectivity index (χ1v) is 5.55. The monoisotopic (exact) mass is 192 g/mol. The van der Waals surface area contributed by atoms with E-state index in [0.717, 1.165) is 6.42 Å². The predicted octanol–water partition coefficient (Wildman–Crippen LogP) is 0.325. The SMILES string of the molecule is CC(C)(C)N1CCCNS1(=O)=O. The molecule has 5 heteroatoms. The van der Waals surface area contributed by atoms with Crippen LogP contribution in [0.5, 0.6) is 0 Å². The molecule has 1 N–H and O–H groups in total. The molecule has 4 nitrogen and oxygen atoms in total. The molecule has 12 heavy (non-hydrogen) atoms. The zero-order valence-corrected chi connectivity index (χ0v) is 8.61. The van der Waals surface area contributed by atoms with E-state index in [9.17, 15) is 8.42 Å².